The molecule has 4 heteroatoms. The van der Waals surface area contributed by atoms with Crippen molar-refractivity contribution in [1.29, 1.82) is 0 Å². The third-order valence-corrected chi connectivity index (χ3v) is 0.495. The van der Waals surface area contributed by atoms with Crippen molar-refractivity contribution in [1.82, 2.24) is 10.2 Å². The lowest BCUT2D eigenvalue weighted by Crippen LogP contribution is -1.67. The standard InChI is InChI=1S/C4H4N2O2/c1-2-8-4-6-5-3-7-1/h1-4H. The van der Waals surface area contributed by atoms with Crippen molar-refractivity contribution in [2.45, 2.75) is 0 Å². The molecule has 0 fully saturated rings. The first kappa shape index (κ1) is 4.83. The molecule has 1 heterocycles. The van der Waals surface area contributed by atoms with Gasteiger partial charge in [-0.05, 0) is 0 Å². The van der Waals surface area contributed by atoms with E-state index in [1.807, 2.05) is 0 Å². The largest absolute Gasteiger partial charge is 0.448 e. The Kier molecular flexibility index (Phi) is 1.68. The third-order valence-electron chi connectivity index (χ3n) is 0.495. The minimum atomic E-state index is 1.20. The van der Waals surface area contributed by atoms with Gasteiger partial charge in [0.05, 0.1) is 0 Å². The van der Waals surface area contributed by atoms with Crippen molar-refractivity contribution < 1.29 is 8.83 Å². The molecule has 42 valence electrons. The third kappa shape index (κ3) is 1.42. The van der Waals surface area contributed by atoms with Gasteiger partial charge in [0.1, 0.15) is 12.5 Å². The van der Waals surface area contributed by atoms with E-state index in [2.05, 4.69) is 19.0 Å². The van der Waals surface area contributed by atoms with Crippen LogP contribution in [0.2, 0.25) is 0 Å². The van der Waals surface area contributed by atoms with Crippen LogP contribution >= 0.6 is 0 Å². The average Bonchev–Trinajstić information content (AvgIpc) is 1.62. The second-order valence-electron chi connectivity index (χ2n) is 0.986. The van der Waals surface area contributed by atoms with Gasteiger partial charge in [0.15, 0.2) is 0 Å². The van der Waals surface area contributed by atoms with Crippen LogP contribution in [0.5, 0.6) is 0 Å². The Morgan fingerprint density at radius 3 is 1.88 bits per heavy atom. The zero-order valence-electron chi connectivity index (χ0n) is 4.02. The predicted molar refractivity (Wildman–Crippen MR) is 24.2 cm³/mol. The number of aromatic nitrogens is 2. The summed E-state index contributed by atoms with van der Waals surface area (Å²) in [6, 6.07) is 0. The van der Waals surface area contributed by atoms with Crippen molar-refractivity contribution in [2.24, 2.45) is 0 Å². The summed E-state index contributed by atoms with van der Waals surface area (Å²) in [6.45, 7) is 0. The Morgan fingerprint density at radius 2 is 1.38 bits per heavy atom. The van der Waals surface area contributed by atoms with Crippen molar-refractivity contribution in [3.63, 3.8) is 0 Å². The Morgan fingerprint density at radius 1 is 0.875 bits per heavy atom. The Hall–Kier alpha value is -1.32. The fraction of sp³-hybridized carbons (Fsp3) is 0. The second-order valence-corrected chi connectivity index (χ2v) is 0.986. The van der Waals surface area contributed by atoms with Crippen molar-refractivity contribution in [3.8, 4) is 0 Å². The molecule has 0 aliphatic carbocycles. The highest BCUT2D eigenvalue weighted by atomic mass is 16.4. The molecular weight excluding hydrogens is 108 g/mol. The monoisotopic (exact) mass is 112 g/mol. The molecule has 0 radical (unpaired) electrons. The zero-order chi connectivity index (χ0) is 5.66. The molecule has 0 aliphatic heterocycles. The van der Waals surface area contributed by atoms with Crippen molar-refractivity contribution in [2.75, 3.05) is 0 Å². The lowest BCUT2D eigenvalue weighted by Gasteiger charge is -1.72. The van der Waals surface area contributed by atoms with E-state index in [4.69, 9.17) is 0 Å². The predicted octanol–water partition coefficient (Wildman–Crippen LogP) is 0.787. The Bertz CT molecular complexity index is 117. The van der Waals surface area contributed by atoms with Gasteiger partial charge >= 0.3 is 0 Å². The normalized spacial score (nSPS) is 8.00. The summed E-state index contributed by atoms with van der Waals surface area (Å²) in [5.41, 5.74) is 0. The van der Waals surface area contributed by atoms with E-state index in [9.17, 15) is 0 Å². The molecule has 0 bridgehead atoms. The Labute approximate surface area is 45.5 Å². The molecule has 0 saturated carbocycles. The van der Waals surface area contributed by atoms with Gasteiger partial charge in [-0.2, -0.15) is 0 Å². The van der Waals surface area contributed by atoms with E-state index in [-0.39, 0.29) is 0 Å². The molecule has 0 unspecified atom stereocenters. The summed E-state index contributed by atoms with van der Waals surface area (Å²) in [5.74, 6) is 0. The fourth-order valence-electron chi connectivity index (χ4n) is 0.243. The minimum absolute atomic E-state index is 1.20. The molecule has 1 rings (SSSR count). The van der Waals surface area contributed by atoms with Crippen LogP contribution in [0.25, 0.3) is 0 Å². The molecule has 0 aromatic carbocycles. The molecule has 8 heavy (non-hydrogen) atoms. The van der Waals surface area contributed by atoms with Gasteiger partial charge in [-0.15, -0.1) is 10.2 Å². The second kappa shape index (κ2) is 2.79. The molecule has 0 N–H and O–H groups in total. The molecule has 1 aromatic heterocycles. The highest BCUT2D eigenvalue weighted by Crippen LogP contribution is 1.72. The van der Waals surface area contributed by atoms with E-state index in [1.165, 1.54) is 25.3 Å². The zero-order valence-corrected chi connectivity index (χ0v) is 4.02. The first-order valence-electron chi connectivity index (χ1n) is 1.99. The summed E-state index contributed by atoms with van der Waals surface area (Å²) < 4.78 is 9.13. The smallest absolute Gasteiger partial charge is 0.201 e. The average molecular weight is 112 g/mol. The molecule has 0 saturated heterocycles. The lowest BCUT2D eigenvalue weighted by atomic mass is 11.0. The molecule has 0 spiro atoms. The van der Waals surface area contributed by atoms with Crippen LogP contribution in [0.15, 0.2) is 34.1 Å². The number of rotatable bonds is 0. The van der Waals surface area contributed by atoms with E-state index >= 15 is 0 Å². The molecule has 4 nitrogen and oxygen atoms in total. The van der Waals surface area contributed by atoms with E-state index in [0.717, 1.165) is 0 Å². The van der Waals surface area contributed by atoms with Gasteiger partial charge in [-0.25, -0.2) is 0 Å². The van der Waals surface area contributed by atoms with Crippen LogP contribution in [0, 0.1) is 0 Å². The fourth-order valence-corrected chi connectivity index (χ4v) is 0.243. The quantitative estimate of drug-likeness (QED) is 0.497. The molecule has 0 amide bonds. The Balaban J connectivity index is 3.00. The first-order chi connectivity index (χ1) is 4.00. The van der Waals surface area contributed by atoms with Gasteiger partial charge in [-0.1, -0.05) is 0 Å². The van der Waals surface area contributed by atoms with Crippen molar-refractivity contribution >= 4 is 0 Å². The van der Waals surface area contributed by atoms with Gasteiger partial charge in [0, 0.05) is 0 Å². The highest BCUT2D eigenvalue weighted by molar-refractivity contribution is 4.46. The molecule has 0 aliphatic rings. The van der Waals surface area contributed by atoms with Crippen LogP contribution in [0.4, 0.5) is 0 Å². The number of hydrogen-bond donors (Lipinski definition) is 0. The maximum Gasteiger partial charge on any atom is 0.201 e. The van der Waals surface area contributed by atoms with Crippen LogP contribution < -0.4 is 0 Å². The summed E-state index contributed by atoms with van der Waals surface area (Å²) >= 11 is 0. The van der Waals surface area contributed by atoms with Crippen LogP contribution in [-0.4, -0.2) is 10.2 Å². The minimum Gasteiger partial charge on any atom is -0.448 e. The maximum atomic E-state index is 4.56. The maximum absolute atomic E-state index is 4.56. The van der Waals surface area contributed by atoms with E-state index in [1.54, 1.807) is 0 Å². The first-order valence-corrected chi connectivity index (χ1v) is 1.99. The van der Waals surface area contributed by atoms with Crippen LogP contribution in [-0.2, 0) is 0 Å². The van der Waals surface area contributed by atoms with Crippen LogP contribution in [0.1, 0.15) is 0 Å². The van der Waals surface area contributed by atoms with Crippen LogP contribution in [0.3, 0.4) is 0 Å². The molecular formula is C4H4N2O2. The topological polar surface area (TPSA) is 52.1 Å². The van der Waals surface area contributed by atoms with Gasteiger partial charge in [-0.3, -0.25) is 0 Å². The van der Waals surface area contributed by atoms with Gasteiger partial charge in [0.25, 0.3) is 0 Å². The summed E-state index contributed by atoms with van der Waals surface area (Å²) in [6.07, 6.45) is 5.12. The lowest BCUT2D eigenvalue weighted by molar-refractivity contribution is 0.454. The summed E-state index contributed by atoms with van der Waals surface area (Å²) in [4.78, 5) is 0. The van der Waals surface area contributed by atoms with E-state index < -0.39 is 0 Å². The summed E-state index contributed by atoms with van der Waals surface area (Å²) in [7, 11) is 0. The van der Waals surface area contributed by atoms with E-state index in [0.29, 0.717) is 0 Å². The molecule has 1 aromatic rings. The van der Waals surface area contributed by atoms with Gasteiger partial charge in [0.2, 0.25) is 12.8 Å². The van der Waals surface area contributed by atoms with Crippen molar-refractivity contribution in [3.05, 3.63) is 25.3 Å². The highest BCUT2D eigenvalue weighted by Gasteiger charge is 1.60. The number of nitrogens with zero attached hydrogens (tertiary/aromatic N) is 2. The van der Waals surface area contributed by atoms with Gasteiger partial charge < -0.3 is 8.83 Å². The summed E-state index contributed by atoms with van der Waals surface area (Å²) in [5, 5.41) is 6.75. The molecule has 0 atom stereocenters. The number of hydrogen-bond acceptors (Lipinski definition) is 4. The SMILES string of the molecule is c1cocnnco1.